The van der Waals surface area contributed by atoms with Gasteiger partial charge in [-0.1, -0.05) is 12.1 Å². The molecule has 0 saturated heterocycles. The summed E-state index contributed by atoms with van der Waals surface area (Å²) in [5.41, 5.74) is 2.34. The van der Waals surface area contributed by atoms with Crippen molar-refractivity contribution < 1.29 is 0 Å². The zero-order valence-corrected chi connectivity index (χ0v) is 12.9. The first-order chi connectivity index (χ1) is 10.2. The molecule has 6 heteroatoms. The van der Waals surface area contributed by atoms with E-state index in [1.807, 2.05) is 23.9 Å². The molecule has 0 aliphatic rings. The van der Waals surface area contributed by atoms with Crippen LogP contribution >= 0.6 is 11.3 Å². The maximum atomic E-state index is 4.26. The van der Waals surface area contributed by atoms with Gasteiger partial charge in [-0.3, -0.25) is 4.90 Å². The Hall–Kier alpha value is -2.05. The van der Waals surface area contributed by atoms with Gasteiger partial charge in [0.2, 0.25) is 0 Å². The molecule has 3 aromatic rings. The fourth-order valence-electron chi connectivity index (χ4n) is 2.22. The Morgan fingerprint density at radius 2 is 2.10 bits per heavy atom. The predicted octanol–water partition coefficient (Wildman–Crippen LogP) is 2.66. The van der Waals surface area contributed by atoms with Crippen LogP contribution in [-0.4, -0.2) is 31.9 Å². The SMILES string of the molecule is Cc1nnc(CN(C)Cc2cccc(-n3cccn3)c2)s1. The van der Waals surface area contributed by atoms with E-state index in [0.717, 1.165) is 28.8 Å². The van der Waals surface area contributed by atoms with E-state index in [4.69, 9.17) is 0 Å². The van der Waals surface area contributed by atoms with Crippen molar-refractivity contribution in [2.45, 2.75) is 20.0 Å². The normalized spacial score (nSPS) is 11.2. The Balaban J connectivity index is 1.68. The van der Waals surface area contributed by atoms with Crippen LogP contribution in [0.2, 0.25) is 0 Å². The van der Waals surface area contributed by atoms with E-state index in [0.29, 0.717) is 0 Å². The van der Waals surface area contributed by atoms with E-state index in [1.54, 1.807) is 17.5 Å². The molecule has 5 nitrogen and oxygen atoms in total. The van der Waals surface area contributed by atoms with Crippen LogP contribution in [0, 0.1) is 6.92 Å². The number of nitrogens with zero attached hydrogens (tertiary/aromatic N) is 5. The second-order valence-electron chi connectivity index (χ2n) is 5.01. The van der Waals surface area contributed by atoms with Gasteiger partial charge in [0.1, 0.15) is 10.0 Å². The molecule has 0 aliphatic heterocycles. The van der Waals surface area contributed by atoms with Gasteiger partial charge in [0.05, 0.1) is 12.2 Å². The minimum atomic E-state index is 0.817. The van der Waals surface area contributed by atoms with Crippen LogP contribution in [0.4, 0.5) is 0 Å². The minimum Gasteiger partial charge on any atom is -0.295 e. The molecule has 0 fully saturated rings. The Bertz CT molecular complexity index is 704. The molecule has 0 aliphatic carbocycles. The van der Waals surface area contributed by atoms with Crippen LogP contribution in [0.5, 0.6) is 0 Å². The average molecular weight is 299 g/mol. The van der Waals surface area contributed by atoms with Crippen LogP contribution in [0.25, 0.3) is 5.69 Å². The zero-order valence-electron chi connectivity index (χ0n) is 12.1. The molecular formula is C15H17N5S. The lowest BCUT2D eigenvalue weighted by Gasteiger charge is -2.15. The molecule has 0 atom stereocenters. The van der Waals surface area contributed by atoms with Crippen LogP contribution in [-0.2, 0) is 13.1 Å². The third-order valence-electron chi connectivity index (χ3n) is 3.11. The lowest BCUT2D eigenvalue weighted by Crippen LogP contribution is -2.17. The molecule has 1 aromatic carbocycles. The fraction of sp³-hybridized carbons (Fsp3) is 0.267. The van der Waals surface area contributed by atoms with Gasteiger partial charge in [0, 0.05) is 18.9 Å². The van der Waals surface area contributed by atoms with Gasteiger partial charge in [0.25, 0.3) is 0 Å². The summed E-state index contributed by atoms with van der Waals surface area (Å²) in [4.78, 5) is 2.24. The molecule has 3 rings (SSSR count). The largest absolute Gasteiger partial charge is 0.295 e. The summed E-state index contributed by atoms with van der Waals surface area (Å²) in [6.07, 6.45) is 3.74. The van der Waals surface area contributed by atoms with Gasteiger partial charge in [-0.15, -0.1) is 21.5 Å². The Kier molecular flexibility index (Phi) is 4.08. The third kappa shape index (κ3) is 3.53. The van der Waals surface area contributed by atoms with Gasteiger partial charge in [-0.2, -0.15) is 5.10 Å². The minimum absolute atomic E-state index is 0.817. The average Bonchev–Trinajstić information content (AvgIpc) is 3.11. The van der Waals surface area contributed by atoms with E-state index in [-0.39, 0.29) is 0 Å². The lowest BCUT2D eigenvalue weighted by atomic mass is 10.2. The molecule has 0 spiro atoms. The Labute approximate surface area is 127 Å². The molecule has 0 radical (unpaired) electrons. The van der Waals surface area contributed by atoms with Crippen molar-refractivity contribution in [2.75, 3.05) is 7.05 Å². The number of rotatable bonds is 5. The third-order valence-corrected chi connectivity index (χ3v) is 3.93. The van der Waals surface area contributed by atoms with Crippen molar-refractivity contribution >= 4 is 11.3 Å². The summed E-state index contributed by atoms with van der Waals surface area (Å²) < 4.78 is 1.87. The molecule has 2 heterocycles. The van der Waals surface area contributed by atoms with E-state index in [2.05, 4.69) is 51.5 Å². The second kappa shape index (κ2) is 6.15. The molecule has 0 bridgehead atoms. The first-order valence-corrected chi connectivity index (χ1v) is 7.59. The summed E-state index contributed by atoms with van der Waals surface area (Å²) >= 11 is 1.65. The van der Waals surface area contributed by atoms with E-state index in [1.165, 1.54) is 5.56 Å². The van der Waals surface area contributed by atoms with Crippen LogP contribution in [0.15, 0.2) is 42.7 Å². The number of hydrogen-bond acceptors (Lipinski definition) is 5. The number of aromatic nitrogens is 4. The van der Waals surface area contributed by atoms with E-state index >= 15 is 0 Å². The maximum Gasteiger partial charge on any atom is 0.131 e. The molecule has 0 amide bonds. The molecule has 2 aromatic heterocycles. The van der Waals surface area contributed by atoms with Crippen LogP contribution in [0.1, 0.15) is 15.6 Å². The number of hydrogen-bond donors (Lipinski definition) is 0. The Morgan fingerprint density at radius 3 is 2.81 bits per heavy atom. The van der Waals surface area contributed by atoms with Gasteiger partial charge < -0.3 is 0 Å². The first-order valence-electron chi connectivity index (χ1n) is 6.77. The number of benzene rings is 1. The van der Waals surface area contributed by atoms with Gasteiger partial charge in [-0.05, 0) is 37.7 Å². The summed E-state index contributed by atoms with van der Waals surface area (Å²) in [7, 11) is 2.09. The highest BCUT2D eigenvalue weighted by atomic mass is 32.1. The van der Waals surface area contributed by atoms with Crippen molar-refractivity contribution in [3.8, 4) is 5.69 Å². The van der Waals surface area contributed by atoms with Gasteiger partial charge in [0.15, 0.2) is 0 Å². The van der Waals surface area contributed by atoms with Gasteiger partial charge >= 0.3 is 0 Å². The van der Waals surface area contributed by atoms with Crippen LogP contribution in [0.3, 0.4) is 0 Å². The Morgan fingerprint density at radius 1 is 1.19 bits per heavy atom. The molecule has 0 saturated carbocycles. The van der Waals surface area contributed by atoms with Crippen molar-refractivity contribution in [3.05, 3.63) is 58.3 Å². The summed E-state index contributed by atoms with van der Waals surface area (Å²) in [5, 5.41) is 14.6. The number of aryl methyl sites for hydroxylation is 1. The molecule has 21 heavy (non-hydrogen) atoms. The fourth-order valence-corrected chi connectivity index (χ4v) is 3.01. The summed E-state index contributed by atoms with van der Waals surface area (Å²) in [6, 6.07) is 10.3. The summed E-state index contributed by atoms with van der Waals surface area (Å²) in [6.45, 7) is 3.67. The van der Waals surface area contributed by atoms with Crippen molar-refractivity contribution in [1.29, 1.82) is 0 Å². The van der Waals surface area contributed by atoms with Crippen molar-refractivity contribution in [3.63, 3.8) is 0 Å². The highest BCUT2D eigenvalue weighted by Gasteiger charge is 2.07. The van der Waals surface area contributed by atoms with Crippen molar-refractivity contribution in [1.82, 2.24) is 24.9 Å². The molecule has 0 N–H and O–H groups in total. The summed E-state index contributed by atoms with van der Waals surface area (Å²) in [5.74, 6) is 0. The highest BCUT2D eigenvalue weighted by molar-refractivity contribution is 7.11. The molecular weight excluding hydrogens is 282 g/mol. The van der Waals surface area contributed by atoms with E-state index < -0.39 is 0 Å². The molecule has 0 unspecified atom stereocenters. The quantitative estimate of drug-likeness (QED) is 0.726. The maximum absolute atomic E-state index is 4.26. The first kappa shape index (κ1) is 13.9. The molecule has 108 valence electrons. The lowest BCUT2D eigenvalue weighted by molar-refractivity contribution is 0.317. The predicted molar refractivity (Wildman–Crippen MR) is 83.4 cm³/mol. The van der Waals surface area contributed by atoms with Crippen LogP contribution < -0.4 is 0 Å². The zero-order chi connectivity index (χ0) is 14.7. The van der Waals surface area contributed by atoms with E-state index in [9.17, 15) is 0 Å². The van der Waals surface area contributed by atoms with Gasteiger partial charge in [-0.25, -0.2) is 4.68 Å². The topological polar surface area (TPSA) is 46.8 Å². The highest BCUT2D eigenvalue weighted by Crippen LogP contribution is 2.14. The van der Waals surface area contributed by atoms with Crippen molar-refractivity contribution in [2.24, 2.45) is 0 Å². The smallest absolute Gasteiger partial charge is 0.131 e. The standard InChI is InChI=1S/C15H17N5S/c1-12-17-18-15(21-12)11-19(2)10-13-5-3-6-14(9-13)20-8-4-7-16-20/h3-9H,10-11H2,1-2H3. The monoisotopic (exact) mass is 299 g/mol. The second-order valence-corrected chi connectivity index (χ2v) is 6.27.